The summed E-state index contributed by atoms with van der Waals surface area (Å²) in [4.78, 5) is 6.58. The van der Waals surface area contributed by atoms with Crippen LogP contribution in [0.2, 0.25) is 0 Å². The fourth-order valence-corrected chi connectivity index (χ4v) is 2.56. The molecule has 0 bridgehead atoms. The van der Waals surface area contributed by atoms with Gasteiger partial charge < -0.3 is 9.26 Å². The molecule has 3 rings (SSSR count). The number of fused-ring (bicyclic) bond motifs is 1. The van der Waals surface area contributed by atoms with Gasteiger partial charge in [-0.3, -0.25) is 4.90 Å². The second-order valence-electron chi connectivity index (χ2n) is 5.22. The van der Waals surface area contributed by atoms with Crippen LogP contribution in [0.1, 0.15) is 22.8 Å². The molecule has 5 nitrogen and oxygen atoms in total. The third-order valence-electron chi connectivity index (χ3n) is 3.66. The van der Waals surface area contributed by atoms with Crippen LogP contribution in [0, 0.1) is 5.82 Å². The number of benzene rings is 1. The van der Waals surface area contributed by atoms with Gasteiger partial charge in [0.05, 0.1) is 13.2 Å². The second-order valence-corrected chi connectivity index (χ2v) is 5.22. The largest absolute Gasteiger partial charge is 0.384 e. The predicted molar refractivity (Wildman–Crippen MR) is 74.1 cm³/mol. The molecule has 1 aliphatic heterocycles. The van der Waals surface area contributed by atoms with E-state index in [9.17, 15) is 4.39 Å². The quantitative estimate of drug-likeness (QED) is 0.843. The molecular weight excluding hydrogens is 273 g/mol. The van der Waals surface area contributed by atoms with Crippen LogP contribution >= 0.6 is 0 Å². The number of rotatable bonds is 5. The third-order valence-corrected chi connectivity index (χ3v) is 3.66. The Kier molecular flexibility index (Phi) is 4.26. The lowest BCUT2D eigenvalue weighted by molar-refractivity contribution is 0.198. The molecule has 2 aromatic rings. The molecule has 0 atom stereocenters. The highest BCUT2D eigenvalue weighted by atomic mass is 19.1. The highest BCUT2D eigenvalue weighted by Crippen LogP contribution is 2.21. The molecule has 112 valence electrons. The maximum atomic E-state index is 13.2. The molecule has 1 aromatic heterocycles. The summed E-state index contributed by atoms with van der Waals surface area (Å²) in [5.41, 5.74) is 2.26. The number of hydrogen-bond donors (Lipinski definition) is 0. The van der Waals surface area contributed by atoms with Gasteiger partial charge in [0.2, 0.25) is 5.89 Å². The van der Waals surface area contributed by atoms with E-state index in [1.165, 1.54) is 11.6 Å². The Morgan fingerprint density at radius 3 is 3.14 bits per heavy atom. The minimum atomic E-state index is -0.165. The van der Waals surface area contributed by atoms with Gasteiger partial charge in [-0.15, -0.1) is 0 Å². The predicted octanol–water partition coefficient (Wildman–Crippen LogP) is 1.96. The zero-order chi connectivity index (χ0) is 14.7. The normalized spacial score (nSPS) is 15.1. The highest BCUT2D eigenvalue weighted by molar-refractivity contribution is 5.29. The Morgan fingerprint density at radius 1 is 1.38 bits per heavy atom. The zero-order valence-corrected chi connectivity index (χ0v) is 12.0. The minimum Gasteiger partial charge on any atom is -0.384 e. The molecule has 0 saturated carbocycles. The molecule has 0 saturated heterocycles. The first-order valence-electron chi connectivity index (χ1n) is 7.04. The standard InChI is InChI=1S/C15H18FN3O2/c1-20-7-5-14-17-15(21-18-14)10-19-6-4-11-8-13(16)3-2-12(11)9-19/h2-3,8H,4-7,9-10H2,1H3. The fourth-order valence-electron chi connectivity index (χ4n) is 2.56. The highest BCUT2D eigenvalue weighted by Gasteiger charge is 2.19. The number of aromatic nitrogens is 2. The fraction of sp³-hybridized carbons (Fsp3) is 0.467. The van der Waals surface area contributed by atoms with E-state index in [0.717, 1.165) is 25.1 Å². The molecule has 6 heteroatoms. The van der Waals surface area contributed by atoms with Crippen molar-refractivity contribution >= 4 is 0 Å². The lowest BCUT2D eigenvalue weighted by Crippen LogP contribution is -2.30. The van der Waals surface area contributed by atoms with E-state index in [2.05, 4.69) is 15.0 Å². The van der Waals surface area contributed by atoms with E-state index in [-0.39, 0.29) is 5.82 Å². The van der Waals surface area contributed by atoms with Crippen molar-refractivity contribution in [2.24, 2.45) is 0 Å². The molecule has 0 spiro atoms. The van der Waals surface area contributed by atoms with Gasteiger partial charge in [-0.2, -0.15) is 4.98 Å². The summed E-state index contributed by atoms with van der Waals surface area (Å²) >= 11 is 0. The number of ether oxygens (including phenoxy) is 1. The molecule has 0 fully saturated rings. The van der Waals surface area contributed by atoms with Crippen LogP contribution < -0.4 is 0 Å². The van der Waals surface area contributed by atoms with Crippen LogP contribution in [0.3, 0.4) is 0 Å². The molecule has 1 aromatic carbocycles. The molecule has 0 unspecified atom stereocenters. The number of nitrogens with zero attached hydrogens (tertiary/aromatic N) is 3. The summed E-state index contributed by atoms with van der Waals surface area (Å²) in [5.74, 6) is 1.12. The monoisotopic (exact) mass is 291 g/mol. The van der Waals surface area contributed by atoms with Crippen molar-refractivity contribution < 1.29 is 13.7 Å². The molecular formula is C15H18FN3O2. The van der Waals surface area contributed by atoms with Crippen LogP contribution in [0.15, 0.2) is 22.7 Å². The lowest BCUT2D eigenvalue weighted by atomic mass is 10.00. The minimum absolute atomic E-state index is 0.165. The maximum absolute atomic E-state index is 13.2. The van der Waals surface area contributed by atoms with E-state index in [1.54, 1.807) is 13.2 Å². The van der Waals surface area contributed by atoms with E-state index < -0.39 is 0 Å². The topological polar surface area (TPSA) is 51.4 Å². The van der Waals surface area contributed by atoms with Gasteiger partial charge in [0.15, 0.2) is 5.82 Å². The van der Waals surface area contributed by atoms with Crippen LogP contribution in [0.4, 0.5) is 4.39 Å². The van der Waals surface area contributed by atoms with Crippen molar-refractivity contribution in [2.45, 2.75) is 25.9 Å². The molecule has 0 radical (unpaired) electrons. The smallest absolute Gasteiger partial charge is 0.240 e. The van der Waals surface area contributed by atoms with Crippen LogP contribution in [-0.2, 0) is 30.7 Å². The van der Waals surface area contributed by atoms with Crippen molar-refractivity contribution in [1.29, 1.82) is 0 Å². The van der Waals surface area contributed by atoms with Gasteiger partial charge in [0.1, 0.15) is 5.82 Å². The van der Waals surface area contributed by atoms with Crippen LogP contribution in [-0.4, -0.2) is 35.3 Å². The van der Waals surface area contributed by atoms with Crippen molar-refractivity contribution in [3.63, 3.8) is 0 Å². The molecule has 0 amide bonds. The van der Waals surface area contributed by atoms with Gasteiger partial charge in [-0.05, 0) is 29.7 Å². The number of methoxy groups -OCH3 is 1. The van der Waals surface area contributed by atoms with E-state index in [1.807, 2.05) is 6.07 Å². The Balaban J connectivity index is 1.61. The zero-order valence-electron chi connectivity index (χ0n) is 12.0. The maximum Gasteiger partial charge on any atom is 0.240 e. The van der Waals surface area contributed by atoms with Gasteiger partial charge >= 0.3 is 0 Å². The van der Waals surface area contributed by atoms with Crippen molar-refractivity contribution in [1.82, 2.24) is 15.0 Å². The first kappa shape index (κ1) is 14.2. The summed E-state index contributed by atoms with van der Waals surface area (Å²) in [6.45, 7) is 2.86. The SMILES string of the molecule is COCCc1noc(CN2CCc3cc(F)ccc3C2)n1. The summed E-state index contributed by atoms with van der Waals surface area (Å²) in [7, 11) is 1.65. The molecule has 2 heterocycles. The summed E-state index contributed by atoms with van der Waals surface area (Å²) < 4.78 is 23.4. The van der Waals surface area contributed by atoms with Gasteiger partial charge in [0, 0.05) is 26.6 Å². The first-order chi connectivity index (χ1) is 10.2. The Labute approximate surface area is 122 Å². The summed E-state index contributed by atoms with van der Waals surface area (Å²) in [6, 6.07) is 4.99. The Bertz CT molecular complexity index is 615. The third kappa shape index (κ3) is 3.46. The summed E-state index contributed by atoms with van der Waals surface area (Å²) in [5, 5.41) is 3.93. The first-order valence-corrected chi connectivity index (χ1v) is 7.04. The Hall–Kier alpha value is -1.79. The second kappa shape index (κ2) is 6.32. The number of halogens is 1. The van der Waals surface area contributed by atoms with E-state index >= 15 is 0 Å². The van der Waals surface area contributed by atoms with Gasteiger partial charge in [-0.1, -0.05) is 11.2 Å². The van der Waals surface area contributed by atoms with Crippen molar-refractivity contribution in [2.75, 3.05) is 20.3 Å². The molecule has 21 heavy (non-hydrogen) atoms. The molecule has 1 aliphatic rings. The average molecular weight is 291 g/mol. The molecule has 0 aliphatic carbocycles. The van der Waals surface area contributed by atoms with Crippen LogP contribution in [0.5, 0.6) is 0 Å². The van der Waals surface area contributed by atoms with E-state index in [4.69, 9.17) is 9.26 Å². The van der Waals surface area contributed by atoms with Crippen molar-refractivity contribution in [3.05, 3.63) is 46.9 Å². The van der Waals surface area contributed by atoms with Gasteiger partial charge in [-0.25, -0.2) is 4.39 Å². The molecule has 0 N–H and O–H groups in total. The number of hydrogen-bond acceptors (Lipinski definition) is 5. The van der Waals surface area contributed by atoms with E-state index in [0.29, 0.717) is 31.3 Å². The van der Waals surface area contributed by atoms with Gasteiger partial charge in [0.25, 0.3) is 0 Å². The van der Waals surface area contributed by atoms with Crippen molar-refractivity contribution in [3.8, 4) is 0 Å². The average Bonchev–Trinajstić information content (AvgIpc) is 2.93. The Morgan fingerprint density at radius 2 is 2.29 bits per heavy atom. The lowest BCUT2D eigenvalue weighted by Gasteiger charge is -2.27. The summed E-state index contributed by atoms with van der Waals surface area (Å²) in [6.07, 6.45) is 1.50. The van der Waals surface area contributed by atoms with Crippen LogP contribution in [0.25, 0.3) is 0 Å².